The molecule has 0 saturated heterocycles. The van der Waals surface area contributed by atoms with Crippen LogP contribution in [0.3, 0.4) is 0 Å². The summed E-state index contributed by atoms with van der Waals surface area (Å²) in [5.41, 5.74) is 3.76. The monoisotopic (exact) mass is 400 g/mol. The SMILES string of the molecule is C[C@@H](Oc1ccccc1)C(=O)NCc1ccc2c(c1)CCN2C(=O)c1ccccc1. The van der Waals surface area contributed by atoms with Crippen LogP contribution in [0.4, 0.5) is 5.69 Å². The second kappa shape index (κ2) is 8.82. The lowest BCUT2D eigenvalue weighted by Crippen LogP contribution is -2.35. The molecule has 1 aliphatic rings. The van der Waals surface area contributed by atoms with Gasteiger partial charge < -0.3 is 15.0 Å². The maximum absolute atomic E-state index is 12.8. The quantitative estimate of drug-likeness (QED) is 0.681. The van der Waals surface area contributed by atoms with E-state index in [0.717, 1.165) is 23.2 Å². The Morgan fingerprint density at radius 1 is 1.00 bits per heavy atom. The number of para-hydroxylation sites is 1. The molecule has 152 valence electrons. The number of anilines is 1. The van der Waals surface area contributed by atoms with Crippen LogP contribution in [0.15, 0.2) is 78.9 Å². The summed E-state index contributed by atoms with van der Waals surface area (Å²) in [7, 11) is 0. The van der Waals surface area contributed by atoms with Crippen LogP contribution in [0.1, 0.15) is 28.4 Å². The van der Waals surface area contributed by atoms with E-state index in [1.54, 1.807) is 6.92 Å². The number of nitrogens with one attached hydrogen (secondary N) is 1. The second-order valence-corrected chi connectivity index (χ2v) is 7.33. The fourth-order valence-electron chi connectivity index (χ4n) is 3.60. The summed E-state index contributed by atoms with van der Waals surface area (Å²) in [5.74, 6) is 0.517. The molecular weight excluding hydrogens is 376 g/mol. The highest BCUT2D eigenvalue weighted by atomic mass is 16.5. The number of carbonyl (C=O) groups excluding carboxylic acids is 2. The number of amides is 2. The number of nitrogens with zero attached hydrogens (tertiary/aromatic N) is 1. The van der Waals surface area contributed by atoms with E-state index in [2.05, 4.69) is 11.4 Å². The third-order valence-corrected chi connectivity index (χ3v) is 5.20. The van der Waals surface area contributed by atoms with Crippen molar-refractivity contribution in [1.29, 1.82) is 0 Å². The average Bonchev–Trinajstić information content (AvgIpc) is 3.21. The van der Waals surface area contributed by atoms with Gasteiger partial charge >= 0.3 is 0 Å². The van der Waals surface area contributed by atoms with Gasteiger partial charge in [-0.15, -0.1) is 0 Å². The van der Waals surface area contributed by atoms with Crippen molar-refractivity contribution in [3.8, 4) is 5.75 Å². The van der Waals surface area contributed by atoms with E-state index >= 15 is 0 Å². The predicted octanol–water partition coefficient (Wildman–Crippen LogP) is 3.97. The number of benzene rings is 3. The normalized spacial score (nSPS) is 13.4. The van der Waals surface area contributed by atoms with Gasteiger partial charge in [0, 0.05) is 24.3 Å². The van der Waals surface area contributed by atoms with Crippen LogP contribution >= 0.6 is 0 Å². The molecule has 30 heavy (non-hydrogen) atoms. The van der Waals surface area contributed by atoms with Gasteiger partial charge in [0.2, 0.25) is 0 Å². The smallest absolute Gasteiger partial charge is 0.261 e. The van der Waals surface area contributed by atoms with Gasteiger partial charge in [0.15, 0.2) is 6.10 Å². The molecule has 0 saturated carbocycles. The van der Waals surface area contributed by atoms with Crippen LogP contribution in [0.25, 0.3) is 0 Å². The Hall–Kier alpha value is -3.60. The summed E-state index contributed by atoms with van der Waals surface area (Å²) < 4.78 is 5.66. The van der Waals surface area contributed by atoms with E-state index in [0.29, 0.717) is 24.4 Å². The largest absolute Gasteiger partial charge is 0.481 e. The van der Waals surface area contributed by atoms with E-state index in [-0.39, 0.29) is 11.8 Å². The maximum atomic E-state index is 12.8. The Morgan fingerprint density at radius 3 is 2.43 bits per heavy atom. The number of carbonyl (C=O) groups is 2. The first-order valence-corrected chi connectivity index (χ1v) is 10.1. The van der Waals surface area contributed by atoms with Crippen molar-refractivity contribution in [2.75, 3.05) is 11.4 Å². The Morgan fingerprint density at radius 2 is 1.70 bits per heavy atom. The van der Waals surface area contributed by atoms with Crippen molar-refractivity contribution < 1.29 is 14.3 Å². The molecule has 0 aliphatic carbocycles. The number of ether oxygens (including phenoxy) is 1. The molecule has 1 heterocycles. The highest BCUT2D eigenvalue weighted by Gasteiger charge is 2.25. The van der Waals surface area contributed by atoms with Gasteiger partial charge in [-0.25, -0.2) is 0 Å². The molecule has 0 unspecified atom stereocenters. The molecule has 1 atom stereocenters. The number of hydrogen-bond acceptors (Lipinski definition) is 3. The minimum Gasteiger partial charge on any atom is -0.481 e. The van der Waals surface area contributed by atoms with E-state index in [1.807, 2.05) is 77.7 Å². The fourth-order valence-corrected chi connectivity index (χ4v) is 3.60. The lowest BCUT2D eigenvalue weighted by Gasteiger charge is -2.18. The highest BCUT2D eigenvalue weighted by molar-refractivity contribution is 6.07. The van der Waals surface area contributed by atoms with Gasteiger partial charge in [-0.1, -0.05) is 48.5 Å². The molecule has 0 fully saturated rings. The fraction of sp³-hybridized carbons (Fsp3) is 0.200. The summed E-state index contributed by atoms with van der Waals surface area (Å²) in [4.78, 5) is 27.0. The zero-order chi connectivity index (χ0) is 20.9. The summed E-state index contributed by atoms with van der Waals surface area (Å²) in [5, 5.41) is 2.93. The first-order valence-electron chi connectivity index (χ1n) is 10.1. The van der Waals surface area contributed by atoms with E-state index < -0.39 is 6.10 Å². The highest BCUT2D eigenvalue weighted by Crippen LogP contribution is 2.30. The zero-order valence-electron chi connectivity index (χ0n) is 16.9. The Labute approximate surface area is 176 Å². The lowest BCUT2D eigenvalue weighted by molar-refractivity contribution is -0.127. The molecule has 0 radical (unpaired) electrons. The molecule has 1 aliphatic heterocycles. The molecule has 0 aromatic heterocycles. The van der Waals surface area contributed by atoms with Crippen molar-refractivity contribution in [2.24, 2.45) is 0 Å². The minimum absolute atomic E-state index is 0.0160. The molecule has 0 bridgehead atoms. The van der Waals surface area contributed by atoms with Crippen LogP contribution in [0.5, 0.6) is 5.75 Å². The van der Waals surface area contributed by atoms with Crippen molar-refractivity contribution in [1.82, 2.24) is 5.32 Å². The Bertz CT molecular complexity index is 1030. The first kappa shape index (κ1) is 19.7. The van der Waals surface area contributed by atoms with Crippen molar-refractivity contribution in [3.05, 3.63) is 95.6 Å². The van der Waals surface area contributed by atoms with Crippen molar-refractivity contribution in [2.45, 2.75) is 26.0 Å². The standard InChI is InChI=1S/C25H24N2O3/c1-18(30-22-10-6-3-7-11-22)24(28)26-17-19-12-13-23-21(16-19)14-15-27(23)25(29)20-8-4-2-5-9-20/h2-13,16,18H,14-15,17H2,1H3,(H,26,28)/t18-/m1/s1. The zero-order valence-corrected chi connectivity index (χ0v) is 16.9. The predicted molar refractivity (Wildman–Crippen MR) is 117 cm³/mol. The maximum Gasteiger partial charge on any atom is 0.261 e. The van der Waals surface area contributed by atoms with Gasteiger partial charge in [0.25, 0.3) is 11.8 Å². The molecule has 2 amide bonds. The Balaban J connectivity index is 1.37. The lowest BCUT2D eigenvalue weighted by atomic mass is 10.1. The van der Waals surface area contributed by atoms with Crippen LogP contribution in [0.2, 0.25) is 0 Å². The van der Waals surface area contributed by atoms with Gasteiger partial charge in [-0.05, 0) is 54.8 Å². The van der Waals surface area contributed by atoms with E-state index in [4.69, 9.17) is 4.74 Å². The molecule has 3 aromatic rings. The number of hydrogen-bond donors (Lipinski definition) is 1. The first-order chi connectivity index (χ1) is 14.6. The second-order valence-electron chi connectivity index (χ2n) is 7.33. The number of fused-ring (bicyclic) bond motifs is 1. The van der Waals surface area contributed by atoms with Gasteiger partial charge in [0.05, 0.1) is 0 Å². The van der Waals surface area contributed by atoms with Gasteiger partial charge in [-0.2, -0.15) is 0 Å². The Kier molecular flexibility index (Phi) is 5.80. The summed E-state index contributed by atoms with van der Waals surface area (Å²) in [6.45, 7) is 2.82. The third-order valence-electron chi connectivity index (χ3n) is 5.20. The van der Waals surface area contributed by atoms with Crippen LogP contribution < -0.4 is 15.0 Å². The average molecular weight is 400 g/mol. The van der Waals surface area contributed by atoms with Crippen molar-refractivity contribution >= 4 is 17.5 Å². The molecule has 3 aromatic carbocycles. The summed E-state index contributed by atoms with van der Waals surface area (Å²) >= 11 is 0. The van der Waals surface area contributed by atoms with E-state index in [1.165, 1.54) is 0 Å². The minimum atomic E-state index is -0.583. The van der Waals surface area contributed by atoms with Crippen LogP contribution in [-0.4, -0.2) is 24.5 Å². The molecule has 5 nitrogen and oxygen atoms in total. The summed E-state index contributed by atoms with van der Waals surface area (Å²) in [6, 6.07) is 24.6. The number of rotatable bonds is 6. The molecule has 5 heteroatoms. The molecule has 1 N–H and O–H groups in total. The third kappa shape index (κ3) is 4.35. The van der Waals surface area contributed by atoms with Crippen molar-refractivity contribution in [3.63, 3.8) is 0 Å². The van der Waals surface area contributed by atoms with Gasteiger partial charge in [-0.3, -0.25) is 9.59 Å². The van der Waals surface area contributed by atoms with E-state index in [9.17, 15) is 9.59 Å². The molecular formula is C25H24N2O3. The van der Waals surface area contributed by atoms with Crippen LogP contribution in [0, 0.1) is 0 Å². The van der Waals surface area contributed by atoms with Crippen LogP contribution in [-0.2, 0) is 17.8 Å². The topological polar surface area (TPSA) is 58.6 Å². The summed E-state index contributed by atoms with van der Waals surface area (Å²) in [6.07, 6.45) is 0.226. The van der Waals surface area contributed by atoms with Gasteiger partial charge in [0.1, 0.15) is 5.75 Å². The molecule has 0 spiro atoms. The molecule has 4 rings (SSSR count).